The summed E-state index contributed by atoms with van der Waals surface area (Å²) in [6, 6.07) is 64.3. The standard InChI is InChI=1S/C46H37NSi/c1-32-29-41(47(39-14-7-4-8-15-39)40-24-21-34(22-25-40)33-11-5-3-6-12-33)26-28-42(32)44-27-23-38(31-46(44)48-2)37-20-19-36-18-17-35-13-9-10-16-43(35)45(36)30-37/h3-31H,48H2,1-2H3. The molecule has 0 aromatic heterocycles. The van der Waals surface area contributed by atoms with Gasteiger partial charge in [0.05, 0.1) is 9.52 Å². The van der Waals surface area contributed by atoms with E-state index in [2.05, 4.69) is 194 Å². The van der Waals surface area contributed by atoms with Crippen LogP contribution in [-0.4, -0.2) is 9.52 Å². The molecule has 0 unspecified atom stereocenters. The van der Waals surface area contributed by atoms with Crippen molar-refractivity contribution in [1.82, 2.24) is 0 Å². The highest BCUT2D eigenvalue weighted by Crippen LogP contribution is 2.38. The van der Waals surface area contributed by atoms with Gasteiger partial charge in [-0.05, 0) is 110 Å². The molecule has 0 atom stereocenters. The minimum absolute atomic E-state index is 0.444. The Balaban J connectivity index is 1.15. The maximum atomic E-state index is 2.45. The molecular weight excluding hydrogens is 595 g/mol. The van der Waals surface area contributed by atoms with E-state index in [0.29, 0.717) is 0 Å². The molecule has 8 aromatic carbocycles. The fourth-order valence-electron chi connectivity index (χ4n) is 7.06. The van der Waals surface area contributed by atoms with E-state index >= 15 is 0 Å². The third-order valence-electron chi connectivity index (χ3n) is 9.57. The fraction of sp³-hybridized carbons (Fsp3) is 0.0435. The summed E-state index contributed by atoms with van der Waals surface area (Å²) in [5, 5.41) is 6.69. The molecule has 0 aliphatic heterocycles. The van der Waals surface area contributed by atoms with Crippen molar-refractivity contribution >= 4 is 53.3 Å². The molecule has 0 saturated carbocycles. The number of nitrogens with zero attached hydrogens (tertiary/aromatic N) is 1. The van der Waals surface area contributed by atoms with Crippen LogP contribution in [0.15, 0.2) is 176 Å². The number of aryl methyl sites for hydroxylation is 1. The summed E-state index contributed by atoms with van der Waals surface area (Å²) in [5.41, 5.74) is 12.4. The zero-order valence-electron chi connectivity index (χ0n) is 27.4. The van der Waals surface area contributed by atoms with Crippen LogP contribution in [0.5, 0.6) is 0 Å². The number of hydrogen-bond acceptors (Lipinski definition) is 1. The molecular formula is C46H37NSi. The average molecular weight is 632 g/mol. The second kappa shape index (κ2) is 12.8. The van der Waals surface area contributed by atoms with Crippen molar-refractivity contribution in [1.29, 1.82) is 0 Å². The molecule has 0 amide bonds. The van der Waals surface area contributed by atoms with Gasteiger partial charge in [-0.3, -0.25) is 0 Å². The number of fused-ring (bicyclic) bond motifs is 3. The minimum Gasteiger partial charge on any atom is -0.310 e. The van der Waals surface area contributed by atoms with E-state index in [-0.39, 0.29) is 0 Å². The third kappa shape index (κ3) is 5.61. The molecule has 0 fully saturated rings. The van der Waals surface area contributed by atoms with Crippen molar-refractivity contribution < 1.29 is 0 Å². The predicted molar refractivity (Wildman–Crippen MR) is 211 cm³/mol. The summed E-state index contributed by atoms with van der Waals surface area (Å²) in [4.78, 5) is 2.35. The van der Waals surface area contributed by atoms with Crippen LogP contribution in [0.2, 0.25) is 6.55 Å². The first kappa shape index (κ1) is 29.7. The molecule has 2 heteroatoms. The Labute approximate surface area is 285 Å². The van der Waals surface area contributed by atoms with Gasteiger partial charge in [0.15, 0.2) is 0 Å². The molecule has 0 aliphatic rings. The van der Waals surface area contributed by atoms with E-state index in [1.165, 1.54) is 65.7 Å². The predicted octanol–water partition coefficient (Wildman–Crippen LogP) is 11.6. The number of hydrogen-bond donors (Lipinski definition) is 0. The van der Waals surface area contributed by atoms with Crippen molar-refractivity contribution in [3.8, 4) is 33.4 Å². The van der Waals surface area contributed by atoms with Crippen LogP contribution < -0.4 is 10.1 Å². The highest BCUT2D eigenvalue weighted by atomic mass is 28.2. The van der Waals surface area contributed by atoms with Crippen molar-refractivity contribution in [3.05, 3.63) is 181 Å². The van der Waals surface area contributed by atoms with Gasteiger partial charge in [-0.25, -0.2) is 0 Å². The van der Waals surface area contributed by atoms with Gasteiger partial charge in [0.1, 0.15) is 0 Å². The van der Waals surface area contributed by atoms with Gasteiger partial charge in [-0.15, -0.1) is 0 Å². The van der Waals surface area contributed by atoms with Crippen molar-refractivity contribution in [2.45, 2.75) is 13.5 Å². The molecule has 0 heterocycles. The molecule has 0 radical (unpaired) electrons. The molecule has 230 valence electrons. The van der Waals surface area contributed by atoms with Crippen molar-refractivity contribution in [3.63, 3.8) is 0 Å². The minimum atomic E-state index is -0.444. The third-order valence-corrected chi connectivity index (χ3v) is 10.9. The van der Waals surface area contributed by atoms with E-state index in [0.717, 1.165) is 17.1 Å². The highest BCUT2D eigenvalue weighted by Gasteiger charge is 2.16. The molecule has 0 spiro atoms. The number of anilines is 3. The molecule has 48 heavy (non-hydrogen) atoms. The topological polar surface area (TPSA) is 3.24 Å². The normalized spacial score (nSPS) is 11.5. The molecule has 0 N–H and O–H groups in total. The summed E-state index contributed by atoms with van der Waals surface area (Å²) in [6.07, 6.45) is 0. The van der Waals surface area contributed by atoms with Crippen molar-refractivity contribution in [2.75, 3.05) is 4.90 Å². The first-order chi connectivity index (χ1) is 23.7. The Morgan fingerprint density at radius 1 is 0.396 bits per heavy atom. The largest absolute Gasteiger partial charge is 0.310 e. The Hall–Kier alpha value is -5.70. The molecule has 0 bridgehead atoms. The lowest BCUT2D eigenvalue weighted by molar-refractivity contribution is 1.27. The number of rotatable bonds is 7. The van der Waals surface area contributed by atoms with Crippen LogP contribution in [0.4, 0.5) is 17.1 Å². The van der Waals surface area contributed by atoms with Crippen molar-refractivity contribution in [2.24, 2.45) is 0 Å². The van der Waals surface area contributed by atoms with E-state index < -0.39 is 9.52 Å². The fourth-order valence-corrected chi connectivity index (χ4v) is 8.17. The SMILES string of the molecule is C[SiH2]c1cc(-c2ccc3ccc4ccccc4c3c2)ccc1-c1ccc(N(c2ccccc2)c2ccc(-c3ccccc3)cc2)cc1C. The lowest BCUT2D eigenvalue weighted by Crippen LogP contribution is -2.15. The molecule has 0 saturated heterocycles. The van der Waals surface area contributed by atoms with Gasteiger partial charge >= 0.3 is 0 Å². The van der Waals surface area contributed by atoms with Crippen LogP contribution in [-0.2, 0) is 0 Å². The van der Waals surface area contributed by atoms with Crippen LogP contribution in [0, 0.1) is 6.92 Å². The van der Waals surface area contributed by atoms with Gasteiger partial charge < -0.3 is 4.90 Å². The summed E-state index contributed by atoms with van der Waals surface area (Å²) in [5.74, 6) is 0. The summed E-state index contributed by atoms with van der Waals surface area (Å²) in [6.45, 7) is 4.65. The first-order valence-corrected chi connectivity index (χ1v) is 18.9. The van der Waals surface area contributed by atoms with Gasteiger partial charge in [0.2, 0.25) is 0 Å². The zero-order chi connectivity index (χ0) is 32.5. The Kier molecular flexibility index (Phi) is 7.93. The van der Waals surface area contributed by atoms with Gasteiger partial charge in [0, 0.05) is 17.1 Å². The maximum absolute atomic E-state index is 2.45. The summed E-state index contributed by atoms with van der Waals surface area (Å²) in [7, 11) is -0.444. The summed E-state index contributed by atoms with van der Waals surface area (Å²) < 4.78 is 0. The van der Waals surface area contributed by atoms with E-state index in [9.17, 15) is 0 Å². The molecule has 8 rings (SSSR count). The second-order valence-corrected chi connectivity index (χ2v) is 14.0. The lowest BCUT2D eigenvalue weighted by atomic mass is 9.94. The van der Waals surface area contributed by atoms with E-state index in [4.69, 9.17) is 0 Å². The first-order valence-electron chi connectivity index (χ1n) is 16.8. The lowest BCUT2D eigenvalue weighted by Gasteiger charge is -2.26. The quantitative estimate of drug-likeness (QED) is 0.125. The zero-order valence-corrected chi connectivity index (χ0v) is 28.8. The number of para-hydroxylation sites is 1. The second-order valence-electron chi connectivity index (χ2n) is 12.5. The van der Waals surface area contributed by atoms with Crippen LogP contribution >= 0.6 is 0 Å². The van der Waals surface area contributed by atoms with E-state index in [1.54, 1.807) is 0 Å². The smallest absolute Gasteiger partial charge is 0.0525 e. The van der Waals surface area contributed by atoms with Gasteiger partial charge in [-0.2, -0.15) is 0 Å². The monoisotopic (exact) mass is 631 g/mol. The Morgan fingerprint density at radius 2 is 0.938 bits per heavy atom. The Bertz CT molecular complexity index is 2380. The van der Waals surface area contributed by atoms with Gasteiger partial charge in [0.25, 0.3) is 0 Å². The average Bonchev–Trinajstić information content (AvgIpc) is 3.16. The maximum Gasteiger partial charge on any atom is 0.0525 e. The molecule has 0 aliphatic carbocycles. The highest BCUT2D eigenvalue weighted by molar-refractivity contribution is 6.54. The van der Waals surface area contributed by atoms with Crippen LogP contribution in [0.1, 0.15) is 5.56 Å². The van der Waals surface area contributed by atoms with E-state index in [1.807, 2.05) is 0 Å². The molecule has 1 nitrogen and oxygen atoms in total. The number of benzene rings is 8. The molecule has 8 aromatic rings. The van der Waals surface area contributed by atoms with Gasteiger partial charge in [-0.1, -0.05) is 145 Å². The van der Waals surface area contributed by atoms with Crippen LogP contribution in [0.3, 0.4) is 0 Å². The summed E-state index contributed by atoms with van der Waals surface area (Å²) >= 11 is 0. The Morgan fingerprint density at radius 3 is 1.69 bits per heavy atom. The van der Waals surface area contributed by atoms with Crippen LogP contribution in [0.25, 0.3) is 54.9 Å².